The van der Waals surface area contributed by atoms with Crippen molar-refractivity contribution in [3.63, 3.8) is 0 Å². The number of hydrogen-bond acceptors (Lipinski definition) is 2. The SMILES string of the molecule is O=C(NCc1cccc2[nH]ccc12)c1ccc2occc2c1. The van der Waals surface area contributed by atoms with Gasteiger partial charge in [-0.1, -0.05) is 12.1 Å². The number of aromatic nitrogens is 1. The smallest absolute Gasteiger partial charge is 0.251 e. The van der Waals surface area contributed by atoms with E-state index in [4.69, 9.17) is 4.42 Å². The molecule has 0 aliphatic heterocycles. The van der Waals surface area contributed by atoms with Crippen LogP contribution in [0.2, 0.25) is 0 Å². The topological polar surface area (TPSA) is 58.0 Å². The average Bonchev–Trinajstić information content (AvgIpc) is 3.20. The molecule has 0 radical (unpaired) electrons. The monoisotopic (exact) mass is 290 g/mol. The number of fused-ring (bicyclic) bond motifs is 2. The Morgan fingerprint density at radius 3 is 3.05 bits per heavy atom. The van der Waals surface area contributed by atoms with Crippen LogP contribution >= 0.6 is 0 Å². The number of benzene rings is 2. The maximum Gasteiger partial charge on any atom is 0.251 e. The number of amides is 1. The highest BCUT2D eigenvalue weighted by atomic mass is 16.3. The molecule has 1 amide bonds. The van der Waals surface area contributed by atoms with Gasteiger partial charge in [-0.25, -0.2) is 0 Å². The predicted molar refractivity (Wildman–Crippen MR) is 85.7 cm³/mol. The van der Waals surface area contributed by atoms with Crippen LogP contribution in [0.3, 0.4) is 0 Å². The lowest BCUT2D eigenvalue weighted by Crippen LogP contribution is -2.22. The van der Waals surface area contributed by atoms with Crippen molar-refractivity contribution in [2.45, 2.75) is 6.54 Å². The molecule has 0 unspecified atom stereocenters. The highest BCUT2D eigenvalue weighted by molar-refractivity contribution is 5.97. The predicted octanol–water partition coefficient (Wildman–Crippen LogP) is 3.84. The molecule has 0 spiro atoms. The van der Waals surface area contributed by atoms with E-state index in [1.165, 1.54) is 0 Å². The lowest BCUT2D eigenvalue weighted by Gasteiger charge is -2.07. The van der Waals surface area contributed by atoms with E-state index < -0.39 is 0 Å². The summed E-state index contributed by atoms with van der Waals surface area (Å²) in [6.45, 7) is 0.497. The normalized spacial score (nSPS) is 11.1. The van der Waals surface area contributed by atoms with Gasteiger partial charge in [-0.3, -0.25) is 4.79 Å². The molecule has 0 saturated heterocycles. The molecule has 22 heavy (non-hydrogen) atoms. The average molecular weight is 290 g/mol. The third kappa shape index (κ3) is 2.15. The van der Waals surface area contributed by atoms with Crippen molar-refractivity contribution >= 4 is 27.8 Å². The summed E-state index contributed by atoms with van der Waals surface area (Å²) >= 11 is 0. The van der Waals surface area contributed by atoms with Crippen LogP contribution in [-0.2, 0) is 6.54 Å². The first-order chi connectivity index (χ1) is 10.8. The Morgan fingerprint density at radius 1 is 1.14 bits per heavy atom. The zero-order chi connectivity index (χ0) is 14.9. The zero-order valence-corrected chi connectivity index (χ0v) is 11.8. The van der Waals surface area contributed by atoms with E-state index in [0.717, 1.165) is 27.4 Å². The van der Waals surface area contributed by atoms with Gasteiger partial charge in [0.25, 0.3) is 5.91 Å². The van der Waals surface area contributed by atoms with Crippen LogP contribution in [0.25, 0.3) is 21.9 Å². The summed E-state index contributed by atoms with van der Waals surface area (Å²) in [6.07, 6.45) is 3.53. The number of carbonyl (C=O) groups excluding carboxylic acids is 1. The standard InChI is InChI=1S/C18H14N2O2/c21-18(13-4-5-17-12(10-13)7-9-22-17)20-11-14-2-1-3-16-15(14)6-8-19-16/h1-10,19H,11H2,(H,20,21). The lowest BCUT2D eigenvalue weighted by molar-refractivity contribution is 0.0951. The Kier molecular flexibility index (Phi) is 2.93. The molecule has 0 fully saturated rings. The first-order valence-corrected chi connectivity index (χ1v) is 7.12. The number of aromatic amines is 1. The van der Waals surface area contributed by atoms with Gasteiger partial charge in [0.1, 0.15) is 5.58 Å². The Morgan fingerprint density at radius 2 is 2.09 bits per heavy atom. The second kappa shape index (κ2) is 5.07. The second-order valence-electron chi connectivity index (χ2n) is 5.21. The number of nitrogens with one attached hydrogen (secondary N) is 2. The molecule has 4 rings (SSSR count). The fourth-order valence-corrected chi connectivity index (χ4v) is 2.69. The third-order valence-electron chi connectivity index (χ3n) is 3.84. The minimum Gasteiger partial charge on any atom is -0.464 e. The molecular weight excluding hydrogens is 276 g/mol. The first-order valence-electron chi connectivity index (χ1n) is 7.12. The minimum atomic E-state index is -0.0874. The summed E-state index contributed by atoms with van der Waals surface area (Å²) in [5, 5.41) is 5.03. The van der Waals surface area contributed by atoms with Crippen LogP contribution in [0.5, 0.6) is 0 Å². The van der Waals surface area contributed by atoms with Gasteiger partial charge in [0.05, 0.1) is 6.26 Å². The quantitative estimate of drug-likeness (QED) is 0.602. The van der Waals surface area contributed by atoms with Gasteiger partial charge in [-0.05, 0) is 42.0 Å². The molecule has 2 N–H and O–H groups in total. The molecule has 2 heterocycles. The van der Waals surface area contributed by atoms with Gasteiger partial charge in [0, 0.05) is 34.6 Å². The van der Waals surface area contributed by atoms with Crippen molar-refractivity contribution in [1.29, 1.82) is 0 Å². The summed E-state index contributed by atoms with van der Waals surface area (Å²) in [6, 6.07) is 15.3. The van der Waals surface area contributed by atoms with Crippen molar-refractivity contribution in [2.75, 3.05) is 0 Å². The number of carbonyl (C=O) groups is 1. The van der Waals surface area contributed by atoms with Crippen LogP contribution in [0.4, 0.5) is 0 Å². The Hall–Kier alpha value is -3.01. The molecule has 4 nitrogen and oxygen atoms in total. The van der Waals surface area contributed by atoms with Crippen molar-refractivity contribution in [3.8, 4) is 0 Å². The van der Waals surface area contributed by atoms with Crippen molar-refractivity contribution in [3.05, 3.63) is 72.1 Å². The van der Waals surface area contributed by atoms with Gasteiger partial charge in [0.2, 0.25) is 0 Å². The Balaban J connectivity index is 1.55. The molecule has 108 valence electrons. The Bertz CT molecular complexity index is 965. The molecular formula is C18H14N2O2. The van der Waals surface area contributed by atoms with E-state index >= 15 is 0 Å². The maximum atomic E-state index is 12.3. The lowest BCUT2D eigenvalue weighted by atomic mass is 10.1. The van der Waals surface area contributed by atoms with E-state index in [9.17, 15) is 4.79 Å². The maximum absolute atomic E-state index is 12.3. The van der Waals surface area contributed by atoms with Crippen LogP contribution < -0.4 is 5.32 Å². The molecule has 4 aromatic rings. The first kappa shape index (κ1) is 12.7. The second-order valence-corrected chi connectivity index (χ2v) is 5.21. The summed E-state index contributed by atoms with van der Waals surface area (Å²) in [5.74, 6) is -0.0874. The van der Waals surface area contributed by atoms with Crippen LogP contribution in [0.1, 0.15) is 15.9 Å². The van der Waals surface area contributed by atoms with Crippen molar-refractivity contribution in [2.24, 2.45) is 0 Å². The minimum absolute atomic E-state index is 0.0874. The molecule has 4 heteroatoms. The van der Waals surface area contributed by atoms with Gasteiger partial charge < -0.3 is 14.7 Å². The van der Waals surface area contributed by atoms with E-state index in [1.54, 1.807) is 12.3 Å². The number of H-pyrrole nitrogens is 1. The van der Waals surface area contributed by atoms with Crippen LogP contribution in [0.15, 0.2) is 65.4 Å². The third-order valence-corrected chi connectivity index (χ3v) is 3.84. The summed E-state index contributed by atoms with van der Waals surface area (Å²) < 4.78 is 5.29. The highest BCUT2D eigenvalue weighted by Crippen LogP contribution is 2.19. The van der Waals surface area contributed by atoms with E-state index in [0.29, 0.717) is 12.1 Å². The van der Waals surface area contributed by atoms with Crippen molar-refractivity contribution in [1.82, 2.24) is 10.3 Å². The fraction of sp³-hybridized carbons (Fsp3) is 0.0556. The summed E-state index contributed by atoms with van der Waals surface area (Å²) in [7, 11) is 0. The van der Waals surface area contributed by atoms with Gasteiger partial charge in [-0.2, -0.15) is 0 Å². The molecule has 0 aliphatic rings. The van der Waals surface area contributed by atoms with E-state index in [-0.39, 0.29) is 5.91 Å². The number of hydrogen-bond donors (Lipinski definition) is 2. The zero-order valence-electron chi connectivity index (χ0n) is 11.8. The van der Waals surface area contributed by atoms with Crippen LogP contribution in [0, 0.1) is 0 Å². The van der Waals surface area contributed by atoms with Gasteiger partial charge in [0.15, 0.2) is 0 Å². The van der Waals surface area contributed by atoms with E-state index in [1.807, 2.05) is 48.7 Å². The fourth-order valence-electron chi connectivity index (χ4n) is 2.69. The largest absolute Gasteiger partial charge is 0.464 e. The Labute approximate surface area is 126 Å². The van der Waals surface area contributed by atoms with Crippen molar-refractivity contribution < 1.29 is 9.21 Å². The van der Waals surface area contributed by atoms with Crippen LogP contribution in [-0.4, -0.2) is 10.9 Å². The van der Waals surface area contributed by atoms with Gasteiger partial charge >= 0.3 is 0 Å². The molecule has 2 aromatic heterocycles. The molecule has 0 bridgehead atoms. The number of rotatable bonds is 3. The molecule has 2 aromatic carbocycles. The summed E-state index contributed by atoms with van der Waals surface area (Å²) in [5.41, 5.74) is 3.59. The summed E-state index contributed by atoms with van der Waals surface area (Å²) in [4.78, 5) is 15.5. The molecule has 0 aliphatic carbocycles. The molecule has 0 saturated carbocycles. The number of furan rings is 1. The van der Waals surface area contributed by atoms with E-state index in [2.05, 4.69) is 10.3 Å². The highest BCUT2D eigenvalue weighted by Gasteiger charge is 2.08. The molecule has 0 atom stereocenters. The van der Waals surface area contributed by atoms with Gasteiger partial charge in [-0.15, -0.1) is 0 Å².